The molecule has 0 N–H and O–H groups in total. The van der Waals surface area contributed by atoms with Crippen LogP contribution in [0.2, 0.25) is 0 Å². The molecule has 19 heavy (non-hydrogen) atoms. The van der Waals surface area contributed by atoms with Gasteiger partial charge in [0.2, 0.25) is 20.0 Å². The van der Waals surface area contributed by atoms with Crippen LogP contribution in [0.4, 0.5) is 0 Å². The van der Waals surface area contributed by atoms with E-state index in [0.29, 0.717) is 4.41 Å². The molecule has 0 aliphatic rings. The van der Waals surface area contributed by atoms with Crippen molar-refractivity contribution in [3.05, 3.63) is 0 Å². The molecule has 0 bridgehead atoms. The summed E-state index contributed by atoms with van der Waals surface area (Å²) in [5.41, 5.74) is -1.06. The first-order valence-corrected chi connectivity index (χ1v) is 9.54. The molecule has 1 amide bonds. The number of sulfonamides is 2. The Morgan fingerprint density at radius 2 is 1.47 bits per heavy atom. The minimum absolute atomic E-state index is 0.142. The molecule has 10 heteroatoms. The lowest BCUT2D eigenvalue weighted by Gasteiger charge is -2.34. The molecule has 0 aliphatic carbocycles. The van der Waals surface area contributed by atoms with Crippen LogP contribution >= 0.6 is 11.6 Å². The molecule has 0 fully saturated rings. The quantitative estimate of drug-likeness (QED) is 0.530. The zero-order chi connectivity index (χ0) is 15.6. The molecule has 0 aromatic rings. The van der Waals surface area contributed by atoms with E-state index in [1.165, 1.54) is 20.8 Å². The molecule has 0 saturated heterocycles. The minimum atomic E-state index is -4.08. The van der Waals surface area contributed by atoms with Crippen LogP contribution in [0.15, 0.2) is 0 Å². The van der Waals surface area contributed by atoms with Crippen LogP contribution in [0.25, 0.3) is 0 Å². The van der Waals surface area contributed by atoms with Crippen molar-refractivity contribution in [2.45, 2.75) is 20.8 Å². The van der Waals surface area contributed by atoms with Crippen LogP contribution in [0, 0.1) is 5.41 Å². The Kier molecular flexibility index (Phi) is 5.82. The van der Waals surface area contributed by atoms with Crippen LogP contribution in [-0.4, -0.2) is 56.5 Å². The van der Waals surface area contributed by atoms with Crippen LogP contribution < -0.4 is 0 Å². The lowest BCUT2D eigenvalue weighted by molar-refractivity contribution is -0.140. The molecular formula is C9H19ClN2O5S2. The Morgan fingerprint density at radius 3 is 1.68 bits per heavy atom. The van der Waals surface area contributed by atoms with E-state index in [-0.39, 0.29) is 16.8 Å². The number of hydrogen-bond donors (Lipinski definition) is 0. The van der Waals surface area contributed by atoms with Gasteiger partial charge in [0.1, 0.15) is 0 Å². The Hall–Kier alpha value is -0.380. The number of carbonyl (C=O) groups is 1. The van der Waals surface area contributed by atoms with Gasteiger partial charge in [0.05, 0.1) is 12.5 Å². The van der Waals surface area contributed by atoms with Crippen LogP contribution in [0.3, 0.4) is 0 Å². The molecule has 0 aromatic heterocycles. The van der Waals surface area contributed by atoms with E-state index in [1.807, 2.05) is 0 Å². The van der Waals surface area contributed by atoms with Gasteiger partial charge in [0, 0.05) is 17.8 Å². The average molecular weight is 335 g/mol. The Balaban J connectivity index is 5.94. The standard InChI is InChI=1S/C9H19ClN2O5S2/c1-9(2,3)8(13)12(19(5,16)17)11(7-6-10)18(4,14)15/h6-7H2,1-5H3. The number of hydrazine groups is 1. The van der Waals surface area contributed by atoms with Crippen LogP contribution in [0.5, 0.6) is 0 Å². The molecular weight excluding hydrogens is 316 g/mol. The fraction of sp³-hybridized carbons (Fsp3) is 0.889. The van der Waals surface area contributed by atoms with Crippen molar-refractivity contribution >= 4 is 37.6 Å². The highest BCUT2D eigenvalue weighted by Gasteiger charge is 2.40. The molecule has 0 spiro atoms. The first-order chi connectivity index (χ1) is 8.23. The van der Waals surface area contributed by atoms with E-state index in [4.69, 9.17) is 11.6 Å². The Bertz CT molecular complexity index is 535. The summed E-state index contributed by atoms with van der Waals surface area (Å²) in [6.07, 6.45) is 1.58. The fourth-order valence-corrected chi connectivity index (χ4v) is 3.91. The summed E-state index contributed by atoms with van der Waals surface area (Å²) in [6.45, 7) is 4.17. The highest BCUT2D eigenvalue weighted by atomic mass is 35.5. The van der Waals surface area contributed by atoms with E-state index in [9.17, 15) is 21.6 Å². The second-order valence-electron chi connectivity index (χ2n) is 5.06. The van der Waals surface area contributed by atoms with Gasteiger partial charge in [-0.25, -0.2) is 16.8 Å². The highest BCUT2D eigenvalue weighted by molar-refractivity contribution is 7.91. The van der Waals surface area contributed by atoms with E-state index < -0.39 is 31.4 Å². The predicted octanol–water partition coefficient (Wildman–Crippen LogP) is 0.236. The topological polar surface area (TPSA) is 91.8 Å². The van der Waals surface area contributed by atoms with Crippen molar-refractivity contribution in [2.75, 3.05) is 24.9 Å². The monoisotopic (exact) mass is 334 g/mol. The summed E-state index contributed by atoms with van der Waals surface area (Å²) in [6, 6.07) is 0. The minimum Gasteiger partial charge on any atom is -0.272 e. The van der Waals surface area contributed by atoms with Crippen molar-refractivity contribution in [2.24, 2.45) is 5.41 Å². The summed E-state index contributed by atoms with van der Waals surface area (Å²) >= 11 is 5.48. The molecule has 0 heterocycles. The van der Waals surface area contributed by atoms with Crippen LogP contribution in [0.1, 0.15) is 20.8 Å². The van der Waals surface area contributed by atoms with Gasteiger partial charge in [-0.3, -0.25) is 4.79 Å². The summed E-state index contributed by atoms with van der Waals surface area (Å²) in [5, 5.41) is 0. The van der Waals surface area contributed by atoms with E-state index in [0.717, 1.165) is 12.5 Å². The maximum absolute atomic E-state index is 12.2. The van der Waals surface area contributed by atoms with Crippen molar-refractivity contribution in [3.63, 3.8) is 0 Å². The molecule has 0 aliphatic heterocycles. The number of rotatable bonds is 5. The summed E-state index contributed by atoms with van der Waals surface area (Å²) < 4.78 is 47.5. The molecule has 0 radical (unpaired) electrons. The van der Waals surface area contributed by atoms with Crippen molar-refractivity contribution < 1.29 is 21.6 Å². The first kappa shape index (κ1) is 18.6. The van der Waals surface area contributed by atoms with Gasteiger partial charge in [-0.15, -0.1) is 11.6 Å². The van der Waals surface area contributed by atoms with E-state index in [2.05, 4.69) is 0 Å². The SMILES string of the molecule is CC(C)(C)C(=O)N(N(CCCl)S(C)(=O)=O)S(C)(=O)=O. The molecule has 0 saturated carbocycles. The number of hydrogen-bond acceptors (Lipinski definition) is 5. The normalized spacial score (nSPS) is 13.6. The van der Waals surface area contributed by atoms with Gasteiger partial charge < -0.3 is 0 Å². The van der Waals surface area contributed by atoms with Gasteiger partial charge in [-0.05, 0) is 0 Å². The second kappa shape index (κ2) is 5.94. The zero-order valence-corrected chi connectivity index (χ0v) is 13.9. The van der Waals surface area contributed by atoms with Gasteiger partial charge >= 0.3 is 0 Å². The molecule has 0 atom stereocenters. The third-order valence-electron chi connectivity index (χ3n) is 1.99. The number of alkyl halides is 1. The van der Waals surface area contributed by atoms with Gasteiger partial charge in [0.15, 0.2) is 0 Å². The van der Waals surface area contributed by atoms with Crippen molar-refractivity contribution in [1.29, 1.82) is 0 Å². The fourth-order valence-electron chi connectivity index (χ4n) is 1.17. The molecule has 0 aromatic carbocycles. The van der Waals surface area contributed by atoms with E-state index in [1.54, 1.807) is 0 Å². The summed E-state index contributed by atoms with van der Waals surface area (Å²) in [7, 11) is -8.02. The predicted molar refractivity (Wildman–Crippen MR) is 73.4 cm³/mol. The lowest BCUT2D eigenvalue weighted by atomic mass is 9.96. The summed E-state index contributed by atoms with van der Waals surface area (Å²) in [5.74, 6) is -0.984. The zero-order valence-electron chi connectivity index (χ0n) is 11.5. The third-order valence-corrected chi connectivity index (χ3v) is 4.37. The maximum atomic E-state index is 12.2. The first-order valence-electron chi connectivity index (χ1n) is 5.31. The maximum Gasteiger partial charge on any atom is 0.257 e. The lowest BCUT2D eigenvalue weighted by Crippen LogP contribution is -2.55. The Morgan fingerprint density at radius 1 is 1.05 bits per heavy atom. The van der Waals surface area contributed by atoms with Crippen molar-refractivity contribution in [1.82, 2.24) is 8.83 Å². The number of carbonyl (C=O) groups excluding carboxylic acids is 1. The summed E-state index contributed by atoms with van der Waals surface area (Å²) in [4.78, 5) is 12.2. The third kappa shape index (κ3) is 5.25. The number of amides is 1. The van der Waals surface area contributed by atoms with Crippen LogP contribution in [-0.2, 0) is 24.8 Å². The van der Waals surface area contributed by atoms with Crippen molar-refractivity contribution in [3.8, 4) is 0 Å². The smallest absolute Gasteiger partial charge is 0.257 e. The van der Waals surface area contributed by atoms with E-state index >= 15 is 0 Å². The average Bonchev–Trinajstić information content (AvgIpc) is 2.11. The number of nitrogens with zero attached hydrogens (tertiary/aromatic N) is 2. The Labute approximate surface area is 119 Å². The largest absolute Gasteiger partial charge is 0.272 e. The molecule has 0 unspecified atom stereocenters. The number of halogens is 1. The molecule has 114 valence electrons. The van der Waals surface area contributed by atoms with Gasteiger partial charge in [-0.2, -0.15) is 4.41 Å². The van der Waals surface area contributed by atoms with Gasteiger partial charge in [0.25, 0.3) is 5.91 Å². The molecule has 7 nitrogen and oxygen atoms in total. The molecule has 0 rings (SSSR count). The second-order valence-corrected chi connectivity index (χ2v) is 9.14. The van der Waals surface area contributed by atoms with Gasteiger partial charge in [-0.1, -0.05) is 25.2 Å². The highest BCUT2D eigenvalue weighted by Crippen LogP contribution is 2.22.